The molecule has 2 bridgehead atoms. The minimum atomic E-state index is -0.151. The molecule has 2 aliphatic heterocycles. The Bertz CT molecular complexity index is 929. The second-order valence-electron chi connectivity index (χ2n) is 9.00. The first kappa shape index (κ1) is 25.7. The molecule has 2 nitrogen and oxygen atoms in total. The van der Waals surface area contributed by atoms with Crippen molar-refractivity contribution in [2.24, 2.45) is 0 Å². The summed E-state index contributed by atoms with van der Waals surface area (Å²) >= 11 is 0. The number of fused-ring (bicyclic) bond motifs is 2. The molecule has 33 heavy (non-hydrogen) atoms. The van der Waals surface area contributed by atoms with Crippen molar-refractivity contribution in [3.8, 4) is 0 Å². The second-order valence-corrected chi connectivity index (χ2v) is 9.00. The molecular formula is C28H33Cl2FN2. The second kappa shape index (κ2) is 12.0. The Morgan fingerprint density at radius 2 is 1.36 bits per heavy atom. The monoisotopic (exact) mass is 486 g/mol. The van der Waals surface area contributed by atoms with Crippen LogP contribution < -0.4 is 0 Å². The number of hydrogen-bond donors (Lipinski definition) is 0. The van der Waals surface area contributed by atoms with Gasteiger partial charge in [-0.1, -0.05) is 72.8 Å². The van der Waals surface area contributed by atoms with Crippen molar-refractivity contribution < 1.29 is 4.39 Å². The Kier molecular flexibility index (Phi) is 9.34. The van der Waals surface area contributed by atoms with Gasteiger partial charge in [-0.25, -0.2) is 4.39 Å². The predicted molar refractivity (Wildman–Crippen MR) is 139 cm³/mol. The Morgan fingerprint density at radius 1 is 0.758 bits per heavy atom. The van der Waals surface area contributed by atoms with E-state index in [-0.39, 0.29) is 30.6 Å². The molecule has 5 rings (SSSR count). The van der Waals surface area contributed by atoms with Gasteiger partial charge in [0, 0.05) is 44.2 Å². The van der Waals surface area contributed by atoms with E-state index in [0.717, 1.165) is 32.6 Å². The number of nitrogens with zero attached hydrogens (tertiary/aromatic N) is 2. The van der Waals surface area contributed by atoms with Gasteiger partial charge in [-0.2, -0.15) is 0 Å². The number of piperazine rings is 1. The molecule has 2 fully saturated rings. The SMILES string of the molecule is Cl.Cl.Fc1ccc(CCN2CCN3C[C@H]2CC[C@@H]3C(c2ccccc2)c2ccccc2)cc1. The summed E-state index contributed by atoms with van der Waals surface area (Å²) in [5.41, 5.74) is 4.08. The van der Waals surface area contributed by atoms with Crippen molar-refractivity contribution in [1.29, 1.82) is 0 Å². The van der Waals surface area contributed by atoms with Gasteiger partial charge >= 0.3 is 0 Å². The zero-order valence-electron chi connectivity index (χ0n) is 18.9. The molecule has 2 saturated heterocycles. The van der Waals surface area contributed by atoms with Crippen LogP contribution in [0.25, 0.3) is 0 Å². The summed E-state index contributed by atoms with van der Waals surface area (Å²) in [4.78, 5) is 5.41. The van der Waals surface area contributed by atoms with Crippen LogP contribution in [0.15, 0.2) is 84.9 Å². The van der Waals surface area contributed by atoms with E-state index in [2.05, 4.69) is 70.5 Å². The number of rotatable bonds is 6. The van der Waals surface area contributed by atoms with Crippen LogP contribution in [0, 0.1) is 5.82 Å². The minimum Gasteiger partial charge on any atom is -0.298 e. The van der Waals surface area contributed by atoms with Crippen molar-refractivity contribution in [1.82, 2.24) is 9.80 Å². The van der Waals surface area contributed by atoms with E-state index in [1.807, 2.05) is 12.1 Å². The lowest BCUT2D eigenvalue weighted by Gasteiger charge is -2.51. The molecule has 176 valence electrons. The minimum absolute atomic E-state index is 0. The highest BCUT2D eigenvalue weighted by Crippen LogP contribution is 2.37. The van der Waals surface area contributed by atoms with E-state index >= 15 is 0 Å². The molecule has 0 spiro atoms. The maximum Gasteiger partial charge on any atom is 0.123 e. The summed E-state index contributed by atoms with van der Waals surface area (Å²) in [5, 5.41) is 0. The van der Waals surface area contributed by atoms with E-state index in [9.17, 15) is 4.39 Å². The van der Waals surface area contributed by atoms with Gasteiger partial charge in [-0.15, -0.1) is 24.8 Å². The smallest absolute Gasteiger partial charge is 0.123 e. The van der Waals surface area contributed by atoms with Crippen LogP contribution in [-0.4, -0.2) is 48.1 Å². The van der Waals surface area contributed by atoms with Crippen LogP contribution in [0.4, 0.5) is 4.39 Å². The van der Waals surface area contributed by atoms with Gasteiger partial charge in [-0.3, -0.25) is 9.80 Å². The maximum atomic E-state index is 13.2. The van der Waals surface area contributed by atoms with E-state index in [1.54, 1.807) is 12.1 Å². The number of halogens is 3. The fraction of sp³-hybridized carbons (Fsp3) is 0.357. The summed E-state index contributed by atoms with van der Waals surface area (Å²) in [5.74, 6) is 0.274. The summed E-state index contributed by atoms with van der Waals surface area (Å²) < 4.78 is 13.2. The topological polar surface area (TPSA) is 6.48 Å². The van der Waals surface area contributed by atoms with Crippen LogP contribution in [0.1, 0.15) is 35.4 Å². The lowest BCUT2D eigenvalue weighted by atomic mass is 9.79. The van der Waals surface area contributed by atoms with Gasteiger partial charge < -0.3 is 0 Å². The quantitative estimate of drug-likeness (QED) is 0.409. The zero-order valence-corrected chi connectivity index (χ0v) is 20.5. The molecule has 3 atom stereocenters. The van der Waals surface area contributed by atoms with Crippen molar-refractivity contribution in [2.45, 2.75) is 37.3 Å². The molecule has 2 heterocycles. The van der Waals surface area contributed by atoms with Crippen molar-refractivity contribution >= 4 is 24.8 Å². The number of benzene rings is 3. The molecule has 3 aromatic rings. The van der Waals surface area contributed by atoms with Gasteiger partial charge in [0.15, 0.2) is 0 Å². The third-order valence-corrected chi connectivity index (χ3v) is 7.20. The fourth-order valence-corrected chi connectivity index (χ4v) is 5.59. The summed E-state index contributed by atoms with van der Waals surface area (Å²) in [6, 6.07) is 30.3. The van der Waals surface area contributed by atoms with Crippen LogP contribution in [0.2, 0.25) is 0 Å². The molecule has 0 aliphatic carbocycles. The molecule has 0 radical (unpaired) electrons. The molecule has 0 saturated carbocycles. The van der Waals surface area contributed by atoms with Crippen molar-refractivity contribution in [3.63, 3.8) is 0 Å². The van der Waals surface area contributed by atoms with Gasteiger partial charge in [0.25, 0.3) is 0 Å². The molecular weight excluding hydrogens is 454 g/mol. The predicted octanol–water partition coefficient (Wildman–Crippen LogP) is 6.19. The van der Waals surface area contributed by atoms with Crippen molar-refractivity contribution in [3.05, 3.63) is 107 Å². The van der Waals surface area contributed by atoms with Gasteiger partial charge in [-0.05, 0) is 48.1 Å². The molecule has 3 aromatic carbocycles. The first-order chi connectivity index (χ1) is 15.3. The van der Waals surface area contributed by atoms with Crippen LogP contribution in [-0.2, 0) is 6.42 Å². The number of hydrogen-bond acceptors (Lipinski definition) is 2. The van der Waals surface area contributed by atoms with Gasteiger partial charge in [0.2, 0.25) is 0 Å². The first-order valence-electron chi connectivity index (χ1n) is 11.6. The molecule has 0 N–H and O–H groups in total. The Labute approximate surface area is 209 Å². The van der Waals surface area contributed by atoms with E-state index < -0.39 is 0 Å². The highest BCUT2D eigenvalue weighted by atomic mass is 35.5. The Hall–Kier alpha value is -1.91. The maximum absolute atomic E-state index is 13.2. The lowest BCUT2D eigenvalue weighted by Crippen LogP contribution is -2.60. The largest absolute Gasteiger partial charge is 0.298 e. The fourth-order valence-electron chi connectivity index (χ4n) is 5.59. The van der Waals surface area contributed by atoms with Crippen molar-refractivity contribution in [2.75, 3.05) is 26.2 Å². The summed E-state index contributed by atoms with van der Waals surface area (Å²) in [6.07, 6.45) is 3.48. The average Bonchev–Trinajstić information content (AvgIpc) is 2.83. The first-order valence-corrected chi connectivity index (χ1v) is 11.6. The number of piperidine rings is 1. The molecule has 2 aliphatic rings. The standard InChI is InChI=1S/C28H31FN2.2ClH/c29-25-13-11-22(12-14-25)17-18-30-19-20-31-21-26(30)15-16-27(31)28(23-7-3-1-4-8-23)24-9-5-2-6-10-24;;/h1-14,26-28H,15-21H2;2*1H/t26-,27-;;/m1../s1. The highest BCUT2D eigenvalue weighted by Gasteiger charge is 2.39. The average molecular weight is 487 g/mol. The van der Waals surface area contributed by atoms with Gasteiger partial charge in [0.1, 0.15) is 5.82 Å². The van der Waals surface area contributed by atoms with Crippen LogP contribution in [0.3, 0.4) is 0 Å². The third-order valence-electron chi connectivity index (χ3n) is 7.20. The lowest BCUT2D eigenvalue weighted by molar-refractivity contribution is 0.00113. The Balaban J connectivity index is 0.00000153. The van der Waals surface area contributed by atoms with Gasteiger partial charge in [0.05, 0.1) is 0 Å². The van der Waals surface area contributed by atoms with E-state index in [1.165, 1.54) is 29.5 Å². The van der Waals surface area contributed by atoms with Crippen LogP contribution >= 0.6 is 24.8 Å². The molecule has 1 unspecified atom stereocenters. The normalized spacial score (nSPS) is 22.3. The summed E-state index contributed by atoms with van der Waals surface area (Å²) in [6.45, 7) is 4.47. The molecule has 5 heteroatoms. The van der Waals surface area contributed by atoms with Crippen LogP contribution in [0.5, 0.6) is 0 Å². The zero-order chi connectivity index (χ0) is 21.0. The third kappa shape index (κ3) is 5.96. The molecule has 0 aromatic heterocycles. The summed E-state index contributed by atoms with van der Waals surface area (Å²) in [7, 11) is 0. The molecule has 0 amide bonds. The van der Waals surface area contributed by atoms with E-state index in [4.69, 9.17) is 0 Å². The van der Waals surface area contributed by atoms with E-state index in [0.29, 0.717) is 18.0 Å². The highest BCUT2D eigenvalue weighted by molar-refractivity contribution is 5.85. The Morgan fingerprint density at radius 3 is 1.97 bits per heavy atom.